The molecule has 1 saturated carbocycles. The Labute approximate surface area is 181 Å². The fourth-order valence-electron chi connectivity index (χ4n) is 4.68. The van der Waals surface area contributed by atoms with Crippen molar-refractivity contribution in [3.05, 3.63) is 51.0 Å². The van der Waals surface area contributed by atoms with Crippen LogP contribution in [-0.4, -0.2) is 28.5 Å². The fourth-order valence-corrected chi connectivity index (χ4v) is 5.34. The highest BCUT2D eigenvalue weighted by Gasteiger charge is 2.38. The summed E-state index contributed by atoms with van der Waals surface area (Å²) in [5.41, 5.74) is 9.09. The number of carbonyl (C=O) groups is 2. The topological polar surface area (TPSA) is 85.5 Å². The summed E-state index contributed by atoms with van der Waals surface area (Å²) in [5.74, 6) is 0.266. The summed E-state index contributed by atoms with van der Waals surface area (Å²) in [5, 5.41) is 4.65. The van der Waals surface area contributed by atoms with Gasteiger partial charge in [-0.2, -0.15) is 0 Å². The number of aryl methyl sites for hydroxylation is 2. The lowest BCUT2D eigenvalue weighted by Crippen LogP contribution is -2.37. The first-order valence-corrected chi connectivity index (χ1v) is 11.6. The number of nitrogens with zero attached hydrogens (tertiary/aromatic N) is 2. The zero-order chi connectivity index (χ0) is 21.3. The van der Waals surface area contributed by atoms with E-state index in [2.05, 4.69) is 11.1 Å². The van der Waals surface area contributed by atoms with Gasteiger partial charge in [0.25, 0.3) is 0 Å². The van der Waals surface area contributed by atoms with Gasteiger partial charge >= 0.3 is 0 Å². The van der Waals surface area contributed by atoms with Gasteiger partial charge in [0.15, 0.2) is 0 Å². The van der Waals surface area contributed by atoms with E-state index >= 15 is 0 Å². The third-order valence-electron chi connectivity index (χ3n) is 6.39. The van der Waals surface area contributed by atoms with Crippen LogP contribution in [0.2, 0.25) is 0 Å². The average molecular weight is 428 g/mol. The van der Waals surface area contributed by atoms with E-state index in [0.717, 1.165) is 60.4 Å². The van der Waals surface area contributed by atoms with Crippen LogP contribution in [0, 0.1) is 25.7 Å². The van der Waals surface area contributed by atoms with Crippen molar-refractivity contribution in [3.8, 4) is 0 Å². The van der Waals surface area contributed by atoms with Gasteiger partial charge in [-0.05, 0) is 69.1 Å². The summed E-state index contributed by atoms with van der Waals surface area (Å²) in [6.45, 7) is 4.46. The van der Waals surface area contributed by atoms with Crippen molar-refractivity contribution in [2.45, 2.75) is 58.4 Å². The standard InChI is InChI=1S/C23H29N3O3S/c1-14-3-4-17(12-19(14)22(24)27)11-16-5-7-18(8-6-16)23(28)26-21(9-10-29-26)20-13-30-15(2)25-20/h3-4,12-13,16,18,21H,5-11H2,1-2H3,(H2,24,27)/t16?,18?,21-/m0/s1. The summed E-state index contributed by atoms with van der Waals surface area (Å²) >= 11 is 1.61. The number of carbonyl (C=O) groups excluding carboxylic acids is 2. The Balaban J connectivity index is 1.35. The number of rotatable bonds is 5. The Hall–Kier alpha value is -2.25. The molecule has 2 N–H and O–H groups in total. The van der Waals surface area contributed by atoms with Gasteiger partial charge < -0.3 is 5.73 Å². The van der Waals surface area contributed by atoms with E-state index in [1.807, 2.05) is 31.4 Å². The molecule has 1 saturated heterocycles. The maximum atomic E-state index is 13.1. The highest BCUT2D eigenvalue weighted by molar-refractivity contribution is 7.09. The molecule has 0 bridgehead atoms. The molecule has 4 rings (SSSR count). The van der Waals surface area contributed by atoms with Gasteiger partial charge in [-0.3, -0.25) is 14.4 Å². The highest BCUT2D eigenvalue weighted by atomic mass is 32.1. The third-order valence-corrected chi connectivity index (χ3v) is 7.18. The predicted molar refractivity (Wildman–Crippen MR) is 116 cm³/mol. The van der Waals surface area contributed by atoms with Crippen molar-refractivity contribution in [1.29, 1.82) is 0 Å². The minimum Gasteiger partial charge on any atom is -0.366 e. The molecule has 1 aromatic heterocycles. The lowest BCUT2D eigenvalue weighted by atomic mass is 9.78. The lowest BCUT2D eigenvalue weighted by Gasteiger charge is -2.31. The smallest absolute Gasteiger partial charge is 0.249 e. The van der Waals surface area contributed by atoms with Crippen molar-refractivity contribution in [2.24, 2.45) is 17.6 Å². The average Bonchev–Trinajstić information content (AvgIpc) is 3.38. The first-order chi connectivity index (χ1) is 14.4. The minimum absolute atomic E-state index is 0.0146. The number of nitrogens with two attached hydrogens (primary N) is 1. The second-order valence-electron chi connectivity index (χ2n) is 8.53. The van der Waals surface area contributed by atoms with E-state index < -0.39 is 0 Å². The van der Waals surface area contributed by atoms with E-state index in [9.17, 15) is 9.59 Å². The lowest BCUT2D eigenvalue weighted by molar-refractivity contribution is -0.183. The summed E-state index contributed by atoms with van der Waals surface area (Å²) < 4.78 is 0. The van der Waals surface area contributed by atoms with Gasteiger partial charge in [0, 0.05) is 23.3 Å². The molecule has 2 heterocycles. The zero-order valence-corrected chi connectivity index (χ0v) is 18.4. The SMILES string of the molecule is Cc1nc([C@@H]2CCON2C(=O)C2CCC(Cc3ccc(C)c(C(N)=O)c3)CC2)cs1. The molecule has 2 aliphatic rings. The van der Waals surface area contributed by atoms with E-state index in [0.29, 0.717) is 18.1 Å². The van der Waals surface area contributed by atoms with E-state index in [-0.39, 0.29) is 23.8 Å². The quantitative estimate of drug-likeness (QED) is 0.778. The number of aromatic nitrogens is 1. The number of hydrogen-bond donors (Lipinski definition) is 1. The van der Waals surface area contributed by atoms with E-state index in [1.54, 1.807) is 16.4 Å². The van der Waals surface area contributed by atoms with Crippen LogP contribution in [0.25, 0.3) is 0 Å². The van der Waals surface area contributed by atoms with E-state index in [1.165, 1.54) is 0 Å². The van der Waals surface area contributed by atoms with Crippen LogP contribution in [0.5, 0.6) is 0 Å². The Morgan fingerprint density at radius 2 is 1.97 bits per heavy atom. The molecule has 1 aliphatic carbocycles. The van der Waals surface area contributed by atoms with Gasteiger partial charge in [-0.15, -0.1) is 11.3 Å². The Morgan fingerprint density at radius 3 is 2.63 bits per heavy atom. The number of thiazole rings is 1. The van der Waals surface area contributed by atoms with Gasteiger partial charge in [0.2, 0.25) is 11.8 Å². The number of hydrogen-bond acceptors (Lipinski definition) is 5. The van der Waals surface area contributed by atoms with Crippen LogP contribution in [0.4, 0.5) is 0 Å². The van der Waals surface area contributed by atoms with Crippen LogP contribution >= 0.6 is 11.3 Å². The second kappa shape index (κ2) is 8.86. The molecule has 160 valence electrons. The van der Waals surface area contributed by atoms with Crippen molar-refractivity contribution >= 4 is 23.2 Å². The molecule has 2 amide bonds. The number of primary amides is 1. The van der Waals surface area contributed by atoms with Gasteiger partial charge in [-0.25, -0.2) is 10.0 Å². The normalized spacial score (nSPS) is 24.2. The van der Waals surface area contributed by atoms with Crippen LogP contribution in [0.15, 0.2) is 23.6 Å². The number of benzene rings is 1. The van der Waals surface area contributed by atoms with Crippen LogP contribution < -0.4 is 5.73 Å². The third kappa shape index (κ3) is 4.42. The number of amides is 2. The molecule has 0 spiro atoms. The molecule has 0 radical (unpaired) electrons. The fraction of sp³-hybridized carbons (Fsp3) is 0.522. The monoisotopic (exact) mass is 427 g/mol. The van der Waals surface area contributed by atoms with Gasteiger partial charge in [0.05, 0.1) is 17.3 Å². The molecule has 1 aliphatic heterocycles. The zero-order valence-electron chi connectivity index (χ0n) is 17.6. The summed E-state index contributed by atoms with van der Waals surface area (Å²) in [6, 6.07) is 5.92. The van der Waals surface area contributed by atoms with Crippen molar-refractivity contribution in [2.75, 3.05) is 6.61 Å². The molecule has 2 fully saturated rings. The molecule has 1 aromatic carbocycles. The highest BCUT2D eigenvalue weighted by Crippen LogP contribution is 2.37. The maximum absolute atomic E-state index is 13.1. The van der Waals surface area contributed by atoms with Crippen molar-refractivity contribution in [3.63, 3.8) is 0 Å². The van der Waals surface area contributed by atoms with Crippen LogP contribution in [-0.2, 0) is 16.1 Å². The Kier molecular flexibility index (Phi) is 6.20. The molecule has 1 atom stereocenters. The molecule has 0 unspecified atom stereocenters. The van der Waals surface area contributed by atoms with Gasteiger partial charge in [0.1, 0.15) is 6.04 Å². The van der Waals surface area contributed by atoms with Crippen LogP contribution in [0.1, 0.15) is 70.3 Å². The molecule has 30 heavy (non-hydrogen) atoms. The second-order valence-corrected chi connectivity index (χ2v) is 9.59. The predicted octanol–water partition coefficient (Wildman–Crippen LogP) is 4.11. The van der Waals surface area contributed by atoms with E-state index in [4.69, 9.17) is 10.6 Å². The van der Waals surface area contributed by atoms with Crippen molar-refractivity contribution in [1.82, 2.24) is 10.0 Å². The molecular formula is C23H29N3O3S. The molecule has 2 aromatic rings. The summed E-state index contributed by atoms with van der Waals surface area (Å²) in [7, 11) is 0. The largest absolute Gasteiger partial charge is 0.366 e. The summed E-state index contributed by atoms with van der Waals surface area (Å²) in [6.07, 6.45) is 5.48. The van der Waals surface area contributed by atoms with Crippen molar-refractivity contribution < 1.29 is 14.4 Å². The molecule has 6 nitrogen and oxygen atoms in total. The summed E-state index contributed by atoms with van der Waals surface area (Å²) in [4.78, 5) is 35.0. The molecule has 7 heteroatoms. The first-order valence-electron chi connectivity index (χ1n) is 10.7. The van der Waals surface area contributed by atoms with Crippen LogP contribution in [0.3, 0.4) is 0 Å². The minimum atomic E-state index is -0.376. The molecular weight excluding hydrogens is 398 g/mol. The maximum Gasteiger partial charge on any atom is 0.249 e. The number of hydroxylamine groups is 2. The Morgan fingerprint density at radius 1 is 1.20 bits per heavy atom. The van der Waals surface area contributed by atoms with Gasteiger partial charge in [-0.1, -0.05) is 12.1 Å². The Bertz CT molecular complexity index is 934. The first kappa shape index (κ1) is 21.0.